The quantitative estimate of drug-likeness (QED) is 0.586. The molecule has 1 atom stereocenters. The van der Waals surface area contributed by atoms with Gasteiger partial charge in [-0.25, -0.2) is 0 Å². The van der Waals surface area contributed by atoms with Crippen molar-refractivity contribution in [2.24, 2.45) is 0 Å². The van der Waals surface area contributed by atoms with Crippen molar-refractivity contribution >= 4 is 6.08 Å². The van der Waals surface area contributed by atoms with Crippen molar-refractivity contribution < 1.29 is 19.7 Å². The van der Waals surface area contributed by atoms with E-state index >= 15 is 0 Å². The highest BCUT2D eigenvalue weighted by atomic mass is 16.5. The first-order valence-electron chi connectivity index (χ1n) is 10.3. The van der Waals surface area contributed by atoms with E-state index in [-0.39, 0.29) is 22.5 Å². The Bertz CT molecular complexity index is 867. The zero-order valence-corrected chi connectivity index (χ0v) is 19.8. The lowest BCUT2D eigenvalue weighted by atomic mass is 9.77. The van der Waals surface area contributed by atoms with Gasteiger partial charge < -0.3 is 19.7 Å². The van der Waals surface area contributed by atoms with Crippen molar-refractivity contribution in [3.8, 4) is 23.0 Å². The van der Waals surface area contributed by atoms with Crippen LogP contribution in [-0.2, 0) is 10.8 Å². The Hall–Kier alpha value is -2.62. The summed E-state index contributed by atoms with van der Waals surface area (Å²) >= 11 is 0. The molecule has 0 fully saturated rings. The molecule has 0 saturated heterocycles. The second kappa shape index (κ2) is 8.63. The zero-order chi connectivity index (χ0) is 22.9. The topological polar surface area (TPSA) is 58.9 Å². The number of methoxy groups -OCH3 is 2. The van der Waals surface area contributed by atoms with E-state index in [1.807, 2.05) is 6.08 Å². The standard InChI is InChI=1S/C26H36O4/c1-16(10-11-17-12-21(29-8)24(28)22(13-17)30-9)18-14-19(25(2,3)4)23(27)20(15-18)26(5,6)7/h10-16,27-28H,1-9H3/b11-10+. The molecule has 0 aliphatic carbocycles. The SMILES string of the molecule is COc1cc(/C=C/C(C)c2cc(C(C)(C)C)c(O)c(C(C)(C)C)c2)cc(OC)c1O. The van der Waals surface area contributed by atoms with Gasteiger partial charge in [0, 0.05) is 0 Å². The molecule has 2 rings (SSSR count). The number of rotatable bonds is 5. The second-order valence-electron chi connectivity index (χ2n) is 9.89. The number of hydrogen-bond donors (Lipinski definition) is 2. The third-order valence-electron chi connectivity index (χ3n) is 5.35. The molecule has 4 nitrogen and oxygen atoms in total. The van der Waals surface area contributed by atoms with E-state index in [1.165, 1.54) is 14.2 Å². The van der Waals surface area contributed by atoms with Gasteiger partial charge in [-0.1, -0.05) is 72.8 Å². The van der Waals surface area contributed by atoms with E-state index in [9.17, 15) is 10.2 Å². The molecule has 0 aromatic heterocycles. The summed E-state index contributed by atoms with van der Waals surface area (Å²) in [5, 5.41) is 21.1. The summed E-state index contributed by atoms with van der Waals surface area (Å²) in [6, 6.07) is 7.77. The summed E-state index contributed by atoms with van der Waals surface area (Å²) in [7, 11) is 3.03. The first kappa shape index (κ1) is 23.7. The van der Waals surface area contributed by atoms with Gasteiger partial charge in [-0.15, -0.1) is 0 Å². The molecule has 1 unspecified atom stereocenters. The molecular weight excluding hydrogens is 376 g/mol. The Morgan fingerprint density at radius 2 is 1.20 bits per heavy atom. The highest BCUT2D eigenvalue weighted by Crippen LogP contribution is 2.42. The van der Waals surface area contributed by atoms with Crippen LogP contribution in [0.5, 0.6) is 23.0 Å². The molecule has 0 heterocycles. The number of benzene rings is 2. The Kier molecular flexibility index (Phi) is 6.80. The van der Waals surface area contributed by atoms with E-state index < -0.39 is 0 Å². The van der Waals surface area contributed by atoms with Gasteiger partial charge in [0.1, 0.15) is 5.75 Å². The smallest absolute Gasteiger partial charge is 0.200 e. The van der Waals surface area contributed by atoms with Gasteiger partial charge in [0.15, 0.2) is 11.5 Å². The van der Waals surface area contributed by atoms with Crippen molar-refractivity contribution in [2.45, 2.75) is 65.2 Å². The van der Waals surface area contributed by atoms with Crippen LogP contribution >= 0.6 is 0 Å². The summed E-state index contributed by atoms with van der Waals surface area (Å²) in [6.45, 7) is 14.8. The minimum Gasteiger partial charge on any atom is -0.507 e. The van der Waals surface area contributed by atoms with Gasteiger partial charge in [-0.05, 0) is 51.1 Å². The van der Waals surface area contributed by atoms with Gasteiger partial charge in [0.2, 0.25) is 5.75 Å². The van der Waals surface area contributed by atoms with Crippen molar-refractivity contribution in [3.63, 3.8) is 0 Å². The monoisotopic (exact) mass is 412 g/mol. The summed E-state index contributed by atoms with van der Waals surface area (Å²) in [5.41, 5.74) is 3.61. The highest BCUT2D eigenvalue weighted by Gasteiger charge is 2.27. The fraction of sp³-hybridized carbons (Fsp3) is 0.462. The summed E-state index contributed by atoms with van der Waals surface area (Å²) in [4.78, 5) is 0. The van der Waals surface area contributed by atoms with Crippen LogP contribution in [0.3, 0.4) is 0 Å². The molecule has 2 N–H and O–H groups in total. The van der Waals surface area contributed by atoms with Crippen molar-refractivity contribution in [1.82, 2.24) is 0 Å². The Morgan fingerprint density at radius 3 is 1.57 bits per heavy atom. The molecular formula is C26H36O4. The van der Waals surface area contributed by atoms with Crippen molar-refractivity contribution in [3.05, 3.63) is 52.6 Å². The third-order valence-corrected chi connectivity index (χ3v) is 5.35. The minimum atomic E-state index is -0.165. The number of hydrogen-bond acceptors (Lipinski definition) is 4. The first-order chi connectivity index (χ1) is 13.8. The molecule has 0 bridgehead atoms. The number of ether oxygens (including phenoxy) is 2. The van der Waals surface area contributed by atoms with Gasteiger partial charge in [0.05, 0.1) is 14.2 Å². The molecule has 0 spiro atoms. The lowest BCUT2D eigenvalue weighted by Crippen LogP contribution is -2.18. The van der Waals surface area contributed by atoms with Crippen LogP contribution in [-0.4, -0.2) is 24.4 Å². The lowest BCUT2D eigenvalue weighted by Gasteiger charge is -2.29. The van der Waals surface area contributed by atoms with E-state index in [4.69, 9.17) is 9.47 Å². The molecule has 0 amide bonds. The molecule has 30 heavy (non-hydrogen) atoms. The van der Waals surface area contributed by atoms with Gasteiger partial charge in [0.25, 0.3) is 0 Å². The van der Waals surface area contributed by atoms with Crippen LogP contribution in [0.2, 0.25) is 0 Å². The number of phenolic OH excluding ortho intramolecular Hbond substituents is 2. The van der Waals surface area contributed by atoms with Crippen LogP contribution in [0.25, 0.3) is 6.08 Å². The van der Waals surface area contributed by atoms with E-state index in [1.54, 1.807) is 12.1 Å². The lowest BCUT2D eigenvalue weighted by molar-refractivity contribution is 0.340. The van der Waals surface area contributed by atoms with Crippen LogP contribution in [0.4, 0.5) is 0 Å². The maximum Gasteiger partial charge on any atom is 0.200 e. The maximum atomic E-state index is 10.9. The van der Waals surface area contributed by atoms with Gasteiger partial charge in [-0.2, -0.15) is 0 Å². The summed E-state index contributed by atoms with van der Waals surface area (Å²) in [6.07, 6.45) is 4.10. The average Bonchev–Trinajstić information content (AvgIpc) is 2.65. The third kappa shape index (κ3) is 5.10. The largest absolute Gasteiger partial charge is 0.507 e. The molecule has 164 valence electrons. The minimum absolute atomic E-state index is 0.00614. The molecule has 4 heteroatoms. The maximum absolute atomic E-state index is 10.9. The van der Waals surface area contributed by atoms with E-state index in [0.717, 1.165) is 22.3 Å². The summed E-state index contributed by atoms with van der Waals surface area (Å²) in [5.74, 6) is 1.25. The molecule has 0 aliphatic rings. The predicted molar refractivity (Wildman–Crippen MR) is 124 cm³/mol. The normalized spacial score (nSPS) is 13.5. The summed E-state index contributed by atoms with van der Waals surface area (Å²) < 4.78 is 10.5. The molecule has 2 aromatic carbocycles. The van der Waals surface area contributed by atoms with Crippen molar-refractivity contribution in [1.29, 1.82) is 0 Å². The molecule has 2 aromatic rings. The fourth-order valence-corrected chi connectivity index (χ4v) is 3.44. The predicted octanol–water partition coefficient (Wildman–Crippen LogP) is 6.53. The Balaban J connectivity index is 2.50. The Labute approximate surface area is 181 Å². The van der Waals surface area contributed by atoms with E-state index in [2.05, 4.69) is 66.7 Å². The van der Waals surface area contributed by atoms with Crippen molar-refractivity contribution in [2.75, 3.05) is 14.2 Å². The molecule has 0 saturated carbocycles. The van der Waals surface area contributed by atoms with Crippen LogP contribution in [0, 0.1) is 0 Å². The van der Waals surface area contributed by atoms with Crippen LogP contribution in [0.15, 0.2) is 30.3 Å². The number of aromatic hydroxyl groups is 2. The second-order valence-corrected chi connectivity index (χ2v) is 9.89. The van der Waals surface area contributed by atoms with E-state index in [0.29, 0.717) is 17.2 Å². The zero-order valence-electron chi connectivity index (χ0n) is 19.8. The number of phenols is 2. The van der Waals surface area contributed by atoms with Crippen LogP contribution < -0.4 is 9.47 Å². The number of allylic oxidation sites excluding steroid dienone is 1. The Morgan fingerprint density at radius 1 is 0.767 bits per heavy atom. The van der Waals surface area contributed by atoms with Gasteiger partial charge in [-0.3, -0.25) is 0 Å². The van der Waals surface area contributed by atoms with Gasteiger partial charge >= 0.3 is 0 Å². The van der Waals surface area contributed by atoms with Crippen LogP contribution in [0.1, 0.15) is 76.6 Å². The molecule has 0 aliphatic heterocycles. The fourth-order valence-electron chi connectivity index (χ4n) is 3.44. The molecule has 0 radical (unpaired) electrons. The highest BCUT2D eigenvalue weighted by molar-refractivity contribution is 5.62. The first-order valence-corrected chi connectivity index (χ1v) is 10.3. The average molecular weight is 413 g/mol.